The van der Waals surface area contributed by atoms with Gasteiger partial charge in [0.2, 0.25) is 5.82 Å². The van der Waals surface area contributed by atoms with E-state index in [0.717, 1.165) is 36.6 Å². The zero-order valence-corrected chi connectivity index (χ0v) is 18.8. The van der Waals surface area contributed by atoms with Gasteiger partial charge in [-0.3, -0.25) is 4.79 Å². The second-order valence-corrected chi connectivity index (χ2v) is 8.26. The van der Waals surface area contributed by atoms with Crippen LogP contribution in [0.5, 0.6) is 5.75 Å². The molecule has 3 aromatic rings. The number of carbonyl (C=O) groups is 1. The summed E-state index contributed by atoms with van der Waals surface area (Å²) < 4.78 is 5.23. The van der Waals surface area contributed by atoms with Crippen molar-refractivity contribution in [1.29, 1.82) is 0 Å². The first kappa shape index (κ1) is 22.3. The average molecular weight is 448 g/mol. The lowest BCUT2D eigenvalue weighted by molar-refractivity contribution is 0.101. The van der Waals surface area contributed by atoms with E-state index in [0.29, 0.717) is 22.8 Å². The smallest absolute Gasteiger partial charge is 0.293 e. The van der Waals surface area contributed by atoms with Gasteiger partial charge in [0.05, 0.1) is 24.7 Å². The van der Waals surface area contributed by atoms with E-state index < -0.39 is 5.91 Å². The second-order valence-electron chi connectivity index (χ2n) is 8.26. The predicted molar refractivity (Wildman–Crippen MR) is 131 cm³/mol. The summed E-state index contributed by atoms with van der Waals surface area (Å²) in [7, 11) is 1.58. The Kier molecular flexibility index (Phi) is 6.58. The monoisotopic (exact) mass is 447 g/mol. The Labute approximate surface area is 192 Å². The molecule has 0 bridgehead atoms. The minimum atomic E-state index is -0.404. The van der Waals surface area contributed by atoms with Crippen LogP contribution in [-0.2, 0) is 0 Å². The summed E-state index contributed by atoms with van der Waals surface area (Å²) in [5.74, 6) is 0.995. The van der Waals surface area contributed by atoms with Crippen molar-refractivity contribution in [1.82, 2.24) is 9.97 Å². The third-order valence-electron chi connectivity index (χ3n) is 5.75. The number of aliphatic imine (C=N–C) groups is 1. The van der Waals surface area contributed by atoms with Gasteiger partial charge in [0, 0.05) is 17.1 Å². The highest BCUT2D eigenvalue weighted by Crippen LogP contribution is 2.28. The number of methoxy groups -OCH3 is 1. The predicted octanol–water partition coefficient (Wildman–Crippen LogP) is 3.20. The third-order valence-corrected chi connectivity index (χ3v) is 5.75. The van der Waals surface area contributed by atoms with Crippen LogP contribution in [0.15, 0.2) is 47.5 Å². The molecule has 1 aliphatic rings. The summed E-state index contributed by atoms with van der Waals surface area (Å²) in [5, 5.41) is 7.21. The van der Waals surface area contributed by atoms with Crippen molar-refractivity contribution in [2.75, 3.05) is 17.7 Å². The number of amides is 1. The SMILES string of the molecule is COc1cccc(NC(=O)c2nc(NC3CCCCC3N=C(N)N)c3cc(C)ccc3n2)c1. The summed E-state index contributed by atoms with van der Waals surface area (Å²) in [4.78, 5) is 26.6. The molecule has 0 aliphatic heterocycles. The van der Waals surface area contributed by atoms with Crippen LogP contribution in [0, 0.1) is 6.92 Å². The molecule has 6 N–H and O–H groups in total. The molecule has 9 heteroatoms. The van der Waals surface area contributed by atoms with Crippen molar-refractivity contribution in [3.05, 3.63) is 53.9 Å². The molecule has 1 aliphatic carbocycles. The Morgan fingerprint density at radius 3 is 2.73 bits per heavy atom. The maximum atomic E-state index is 13.0. The number of nitrogens with zero attached hydrogens (tertiary/aromatic N) is 3. The number of carbonyl (C=O) groups excluding carboxylic acids is 1. The second kappa shape index (κ2) is 9.72. The van der Waals surface area contributed by atoms with Crippen molar-refractivity contribution in [3.8, 4) is 5.75 Å². The summed E-state index contributed by atoms with van der Waals surface area (Å²) in [6.07, 6.45) is 3.93. The number of nitrogens with two attached hydrogens (primary N) is 2. The summed E-state index contributed by atoms with van der Waals surface area (Å²) in [6.45, 7) is 2.01. The number of ether oxygens (including phenoxy) is 1. The van der Waals surface area contributed by atoms with Gasteiger partial charge in [-0.15, -0.1) is 0 Å². The Balaban J connectivity index is 1.68. The minimum Gasteiger partial charge on any atom is -0.497 e. The van der Waals surface area contributed by atoms with Gasteiger partial charge < -0.3 is 26.8 Å². The molecule has 2 unspecified atom stereocenters. The Morgan fingerprint density at radius 1 is 1.12 bits per heavy atom. The molecule has 0 saturated heterocycles. The van der Waals surface area contributed by atoms with E-state index in [1.54, 1.807) is 25.3 Å². The van der Waals surface area contributed by atoms with Crippen molar-refractivity contribution >= 4 is 34.3 Å². The molecule has 172 valence electrons. The molecule has 0 radical (unpaired) electrons. The Hall–Kier alpha value is -3.88. The molecule has 1 amide bonds. The van der Waals surface area contributed by atoms with Crippen LogP contribution in [-0.4, -0.2) is 41.0 Å². The topological polar surface area (TPSA) is 141 Å². The van der Waals surface area contributed by atoms with Crippen LogP contribution in [0.3, 0.4) is 0 Å². The van der Waals surface area contributed by atoms with E-state index in [4.69, 9.17) is 16.2 Å². The number of fused-ring (bicyclic) bond motifs is 1. The van der Waals surface area contributed by atoms with Gasteiger partial charge in [0.15, 0.2) is 5.96 Å². The summed E-state index contributed by atoms with van der Waals surface area (Å²) in [5.41, 5.74) is 13.7. The van der Waals surface area contributed by atoms with Crippen LogP contribution < -0.4 is 26.8 Å². The number of benzene rings is 2. The average Bonchev–Trinajstić information content (AvgIpc) is 2.80. The molecule has 0 spiro atoms. The van der Waals surface area contributed by atoms with Crippen LogP contribution in [0.1, 0.15) is 41.9 Å². The maximum Gasteiger partial charge on any atom is 0.293 e. The standard InChI is InChI=1S/C24H29N7O2/c1-14-10-11-18-17(12-14)21(29-19-8-3-4-9-20(19)30-24(25)26)31-22(28-18)23(32)27-15-6-5-7-16(13-15)33-2/h5-7,10-13,19-20H,3-4,8-9H2,1-2H3,(H,27,32)(H4,25,26,30)(H,28,29,31). The Bertz CT molecular complexity index is 1190. The van der Waals surface area contributed by atoms with E-state index in [1.165, 1.54) is 0 Å². The number of aryl methyl sites for hydroxylation is 1. The van der Waals surface area contributed by atoms with Crippen molar-refractivity contribution in [2.45, 2.75) is 44.7 Å². The lowest BCUT2D eigenvalue weighted by Gasteiger charge is -2.30. The van der Waals surface area contributed by atoms with E-state index in [1.807, 2.05) is 31.2 Å². The Morgan fingerprint density at radius 2 is 1.94 bits per heavy atom. The molecule has 33 heavy (non-hydrogen) atoms. The first-order chi connectivity index (χ1) is 15.9. The number of nitrogens with one attached hydrogen (secondary N) is 2. The quantitative estimate of drug-likeness (QED) is 0.336. The third kappa shape index (κ3) is 5.31. The van der Waals surface area contributed by atoms with E-state index >= 15 is 0 Å². The maximum absolute atomic E-state index is 13.0. The number of hydrogen-bond donors (Lipinski definition) is 4. The van der Waals surface area contributed by atoms with Crippen molar-refractivity contribution < 1.29 is 9.53 Å². The van der Waals surface area contributed by atoms with Gasteiger partial charge in [-0.1, -0.05) is 30.5 Å². The number of anilines is 2. The van der Waals surface area contributed by atoms with Crippen molar-refractivity contribution in [2.24, 2.45) is 16.5 Å². The molecule has 4 rings (SSSR count). The van der Waals surface area contributed by atoms with Crippen LogP contribution in [0.4, 0.5) is 11.5 Å². The highest BCUT2D eigenvalue weighted by molar-refractivity contribution is 6.04. The zero-order valence-electron chi connectivity index (χ0n) is 18.8. The largest absolute Gasteiger partial charge is 0.497 e. The van der Waals surface area contributed by atoms with Gasteiger partial charge in [0.1, 0.15) is 11.6 Å². The van der Waals surface area contributed by atoms with Crippen molar-refractivity contribution in [3.63, 3.8) is 0 Å². The summed E-state index contributed by atoms with van der Waals surface area (Å²) in [6, 6.07) is 13.0. The van der Waals surface area contributed by atoms with E-state index in [-0.39, 0.29) is 23.9 Å². The molecule has 1 fully saturated rings. The highest BCUT2D eigenvalue weighted by Gasteiger charge is 2.26. The molecule has 1 saturated carbocycles. The van der Waals surface area contributed by atoms with Gasteiger partial charge in [0.25, 0.3) is 5.91 Å². The fraction of sp³-hybridized carbons (Fsp3) is 0.333. The highest BCUT2D eigenvalue weighted by atomic mass is 16.5. The van der Waals surface area contributed by atoms with Crippen LogP contribution in [0.25, 0.3) is 10.9 Å². The minimum absolute atomic E-state index is 0.00811. The molecular formula is C24H29N7O2. The fourth-order valence-corrected chi connectivity index (χ4v) is 4.14. The van der Waals surface area contributed by atoms with Gasteiger partial charge in [-0.05, 0) is 44.0 Å². The first-order valence-corrected chi connectivity index (χ1v) is 11.0. The van der Waals surface area contributed by atoms with Gasteiger partial charge in [-0.25, -0.2) is 15.0 Å². The normalized spacial score (nSPS) is 17.9. The summed E-state index contributed by atoms with van der Waals surface area (Å²) >= 11 is 0. The van der Waals surface area contributed by atoms with Crippen LogP contribution in [0.2, 0.25) is 0 Å². The van der Waals surface area contributed by atoms with Gasteiger partial charge in [-0.2, -0.15) is 0 Å². The molecule has 1 heterocycles. The molecule has 9 nitrogen and oxygen atoms in total. The fourth-order valence-electron chi connectivity index (χ4n) is 4.14. The van der Waals surface area contributed by atoms with E-state index in [2.05, 4.69) is 25.6 Å². The number of aromatic nitrogens is 2. The lowest BCUT2D eigenvalue weighted by Crippen LogP contribution is -2.38. The number of hydrogen-bond acceptors (Lipinski definition) is 6. The first-order valence-electron chi connectivity index (χ1n) is 11.0. The van der Waals surface area contributed by atoms with Crippen LogP contribution >= 0.6 is 0 Å². The number of guanidine groups is 1. The molecule has 2 aromatic carbocycles. The zero-order chi connectivity index (χ0) is 23.4. The van der Waals surface area contributed by atoms with Gasteiger partial charge >= 0.3 is 0 Å². The van der Waals surface area contributed by atoms with E-state index in [9.17, 15) is 4.79 Å². The molecule has 1 aromatic heterocycles. The molecule has 2 atom stereocenters. The molecular weight excluding hydrogens is 418 g/mol. The number of rotatable bonds is 6. The lowest BCUT2D eigenvalue weighted by atomic mass is 9.90.